The molecule has 0 fully saturated rings. The van der Waals surface area contributed by atoms with E-state index in [4.69, 9.17) is 5.11 Å². The van der Waals surface area contributed by atoms with Crippen LogP contribution in [-0.4, -0.2) is 17.4 Å². The van der Waals surface area contributed by atoms with Crippen molar-refractivity contribution >= 4 is 0 Å². The van der Waals surface area contributed by atoms with Gasteiger partial charge in [0.2, 0.25) is 0 Å². The number of aliphatic hydroxyl groups excluding tert-OH is 1. The van der Waals surface area contributed by atoms with Gasteiger partial charge in [-0.2, -0.15) is 13.2 Å². The van der Waals surface area contributed by atoms with Crippen LogP contribution in [0.3, 0.4) is 0 Å². The molecule has 1 atom stereocenters. The molecule has 0 heterocycles. The van der Waals surface area contributed by atoms with Crippen molar-refractivity contribution in [3.63, 3.8) is 0 Å². The normalized spacial score (nSPS) is 14.2. The molecule has 4 heteroatoms. The molecule has 1 unspecified atom stereocenters. The van der Waals surface area contributed by atoms with Gasteiger partial charge in [-0.25, -0.2) is 0 Å². The summed E-state index contributed by atoms with van der Waals surface area (Å²) < 4.78 is 35.6. The Morgan fingerprint density at radius 3 is 1.87 bits per heavy atom. The van der Waals surface area contributed by atoms with E-state index in [-0.39, 0.29) is 6.42 Å². The fourth-order valence-electron chi connectivity index (χ4n) is 1.46. The smallest absolute Gasteiger partial charge is 0.384 e. The van der Waals surface area contributed by atoms with E-state index in [9.17, 15) is 13.2 Å². The van der Waals surface area contributed by atoms with Crippen molar-refractivity contribution < 1.29 is 18.3 Å². The first-order chi connectivity index (χ1) is 6.98. The highest BCUT2D eigenvalue weighted by Gasteiger charge is 2.37. The maximum Gasteiger partial charge on any atom is 0.414 e. The number of alkyl halides is 3. The zero-order chi connectivity index (χ0) is 11.7. The summed E-state index contributed by atoms with van der Waals surface area (Å²) in [4.78, 5) is 0. The van der Waals surface area contributed by atoms with Crippen LogP contribution < -0.4 is 0 Å². The minimum atomic E-state index is -4.44. The first-order valence-electron chi connectivity index (χ1n) is 5.73. The first-order valence-corrected chi connectivity index (χ1v) is 5.73. The summed E-state index contributed by atoms with van der Waals surface area (Å²) in [6.07, 6.45) is 0.133. The number of halogens is 3. The van der Waals surface area contributed by atoms with Crippen molar-refractivity contribution in [2.24, 2.45) is 0 Å². The van der Waals surface area contributed by atoms with E-state index < -0.39 is 12.3 Å². The molecule has 0 bridgehead atoms. The summed E-state index contributed by atoms with van der Waals surface area (Å²) in [6, 6.07) is 0. The maximum atomic E-state index is 11.9. The Kier molecular flexibility index (Phi) is 7.83. The summed E-state index contributed by atoms with van der Waals surface area (Å²) in [7, 11) is 0. The molecule has 0 aromatic heterocycles. The molecule has 0 radical (unpaired) electrons. The summed E-state index contributed by atoms with van der Waals surface area (Å²) in [5.41, 5.74) is 0. The molecule has 0 amide bonds. The van der Waals surface area contributed by atoms with Crippen LogP contribution in [-0.2, 0) is 0 Å². The van der Waals surface area contributed by atoms with Crippen molar-refractivity contribution in [2.75, 3.05) is 0 Å². The second kappa shape index (κ2) is 7.97. The second-order valence-corrected chi connectivity index (χ2v) is 3.97. The van der Waals surface area contributed by atoms with Gasteiger partial charge in [0, 0.05) is 0 Å². The lowest BCUT2D eigenvalue weighted by atomic mass is 10.1. The third-order valence-electron chi connectivity index (χ3n) is 2.46. The Labute approximate surface area is 89.7 Å². The summed E-state index contributed by atoms with van der Waals surface area (Å²) in [6.45, 7) is 2.12. The Hall–Kier alpha value is -0.250. The van der Waals surface area contributed by atoms with Gasteiger partial charge in [0.25, 0.3) is 0 Å². The number of hydrogen-bond donors (Lipinski definition) is 1. The molecule has 0 rings (SSSR count). The van der Waals surface area contributed by atoms with Crippen LogP contribution in [0.5, 0.6) is 0 Å². The van der Waals surface area contributed by atoms with Crippen molar-refractivity contribution in [2.45, 2.75) is 70.6 Å². The highest BCUT2D eigenvalue weighted by molar-refractivity contribution is 4.64. The SMILES string of the molecule is CCCCCCCCCC(O)C(F)(F)F. The van der Waals surface area contributed by atoms with Crippen LogP contribution >= 0.6 is 0 Å². The van der Waals surface area contributed by atoms with Gasteiger partial charge in [-0.15, -0.1) is 0 Å². The van der Waals surface area contributed by atoms with E-state index in [1.165, 1.54) is 19.3 Å². The molecule has 0 aromatic rings. The zero-order valence-electron chi connectivity index (χ0n) is 9.32. The van der Waals surface area contributed by atoms with E-state index in [1.54, 1.807) is 0 Å². The molecule has 0 spiro atoms. The number of unbranched alkanes of at least 4 members (excludes halogenated alkanes) is 6. The third kappa shape index (κ3) is 8.73. The van der Waals surface area contributed by atoms with E-state index in [1.807, 2.05) is 0 Å². The largest absolute Gasteiger partial charge is 0.414 e. The maximum absolute atomic E-state index is 11.9. The zero-order valence-corrected chi connectivity index (χ0v) is 9.32. The standard InChI is InChI=1S/C11H21F3O/c1-2-3-4-5-6-7-8-9-10(15)11(12,13)14/h10,15H,2-9H2,1H3. The molecule has 0 aliphatic rings. The van der Waals surface area contributed by atoms with Crippen LogP contribution in [0.2, 0.25) is 0 Å². The van der Waals surface area contributed by atoms with E-state index in [0.717, 1.165) is 19.3 Å². The van der Waals surface area contributed by atoms with Gasteiger partial charge in [0.1, 0.15) is 6.10 Å². The predicted molar refractivity (Wildman–Crippen MR) is 54.7 cm³/mol. The molecule has 1 N–H and O–H groups in total. The molecular formula is C11H21F3O. The van der Waals surface area contributed by atoms with Gasteiger partial charge in [0.05, 0.1) is 0 Å². The highest BCUT2D eigenvalue weighted by Crippen LogP contribution is 2.24. The van der Waals surface area contributed by atoms with Gasteiger partial charge >= 0.3 is 6.18 Å². The molecule has 0 aliphatic heterocycles. The molecule has 92 valence electrons. The van der Waals surface area contributed by atoms with E-state index in [0.29, 0.717) is 6.42 Å². The van der Waals surface area contributed by atoms with Crippen LogP contribution in [0.25, 0.3) is 0 Å². The van der Waals surface area contributed by atoms with Crippen molar-refractivity contribution in [1.82, 2.24) is 0 Å². The lowest BCUT2D eigenvalue weighted by Gasteiger charge is -2.13. The van der Waals surface area contributed by atoms with Crippen molar-refractivity contribution in [1.29, 1.82) is 0 Å². The minimum Gasteiger partial charge on any atom is -0.384 e. The molecule has 0 saturated heterocycles. The third-order valence-corrected chi connectivity index (χ3v) is 2.46. The van der Waals surface area contributed by atoms with E-state index >= 15 is 0 Å². The lowest BCUT2D eigenvalue weighted by Crippen LogP contribution is -2.28. The fraction of sp³-hybridized carbons (Fsp3) is 1.00. The van der Waals surface area contributed by atoms with Gasteiger partial charge < -0.3 is 5.11 Å². The summed E-state index contributed by atoms with van der Waals surface area (Å²) >= 11 is 0. The Bertz CT molecular complexity index is 145. The number of aliphatic hydroxyl groups is 1. The van der Waals surface area contributed by atoms with Gasteiger partial charge in [-0.3, -0.25) is 0 Å². The molecule has 15 heavy (non-hydrogen) atoms. The topological polar surface area (TPSA) is 20.2 Å². The van der Waals surface area contributed by atoms with Crippen LogP contribution in [0.1, 0.15) is 58.3 Å². The molecular weight excluding hydrogens is 205 g/mol. The molecule has 0 aliphatic carbocycles. The average molecular weight is 226 g/mol. The van der Waals surface area contributed by atoms with Crippen LogP contribution in [0.4, 0.5) is 13.2 Å². The van der Waals surface area contributed by atoms with Crippen LogP contribution in [0, 0.1) is 0 Å². The highest BCUT2D eigenvalue weighted by atomic mass is 19.4. The summed E-state index contributed by atoms with van der Waals surface area (Å²) in [5, 5.41) is 8.70. The second-order valence-electron chi connectivity index (χ2n) is 3.97. The predicted octanol–water partition coefficient (Wildman–Crippen LogP) is 4.05. The minimum absolute atomic E-state index is 0.155. The first kappa shape index (κ1) is 14.8. The fourth-order valence-corrected chi connectivity index (χ4v) is 1.46. The van der Waals surface area contributed by atoms with Gasteiger partial charge in [-0.05, 0) is 6.42 Å². The van der Waals surface area contributed by atoms with Crippen LogP contribution in [0.15, 0.2) is 0 Å². The molecule has 1 nitrogen and oxygen atoms in total. The Morgan fingerprint density at radius 2 is 1.40 bits per heavy atom. The molecule has 0 aromatic carbocycles. The Balaban J connectivity index is 3.24. The summed E-state index contributed by atoms with van der Waals surface area (Å²) in [5.74, 6) is 0. The average Bonchev–Trinajstić information content (AvgIpc) is 2.14. The van der Waals surface area contributed by atoms with Crippen molar-refractivity contribution in [3.8, 4) is 0 Å². The molecule has 0 saturated carbocycles. The van der Waals surface area contributed by atoms with Gasteiger partial charge in [0.15, 0.2) is 0 Å². The number of rotatable bonds is 8. The van der Waals surface area contributed by atoms with Gasteiger partial charge in [-0.1, -0.05) is 51.9 Å². The Morgan fingerprint density at radius 1 is 0.933 bits per heavy atom. The lowest BCUT2D eigenvalue weighted by molar-refractivity contribution is -0.205. The van der Waals surface area contributed by atoms with Crippen molar-refractivity contribution in [3.05, 3.63) is 0 Å². The number of hydrogen-bond acceptors (Lipinski definition) is 1. The van der Waals surface area contributed by atoms with E-state index in [2.05, 4.69) is 6.92 Å². The monoisotopic (exact) mass is 226 g/mol. The quantitative estimate of drug-likeness (QED) is 0.619.